The van der Waals surface area contributed by atoms with Gasteiger partial charge in [-0.15, -0.1) is 0 Å². The molecule has 0 spiro atoms. The van der Waals surface area contributed by atoms with Crippen molar-refractivity contribution in [3.05, 3.63) is 190 Å². The van der Waals surface area contributed by atoms with Crippen molar-refractivity contribution < 1.29 is 115 Å². The van der Waals surface area contributed by atoms with Crippen LogP contribution >= 0.6 is 0 Å². The van der Waals surface area contributed by atoms with Gasteiger partial charge in [-0.25, -0.2) is 4.84 Å². The minimum atomic E-state index is -6.13. The molecule has 77 heavy (non-hydrogen) atoms. The number of hydrogen-bond donors (Lipinski definition) is 0. The summed E-state index contributed by atoms with van der Waals surface area (Å²) in [5.41, 5.74) is -27.8. The Morgan fingerprint density at radius 2 is 0.597 bits per heavy atom. The molecule has 412 valence electrons. The molecule has 0 fully saturated rings. The van der Waals surface area contributed by atoms with Crippen molar-refractivity contribution >= 4 is 38.9 Å². The van der Waals surface area contributed by atoms with Gasteiger partial charge in [0.15, 0.2) is 0 Å². The molecule has 0 atom stereocenters. The van der Waals surface area contributed by atoms with Crippen LogP contribution in [0.4, 0.5) is 105 Å². The van der Waals surface area contributed by atoms with Crippen LogP contribution in [0.5, 0.6) is 5.75 Å². The van der Waals surface area contributed by atoms with Crippen molar-refractivity contribution in [1.29, 1.82) is 0 Å². The third kappa shape index (κ3) is 13.4. The molecular formula is C50H30BF24NO. The standard InChI is InChI=1S/C32H12BF24.C18H18NO/c34-25(35,36)13-1-14(26(37,38)39)6-21(5-13)33(22-7-15(27(40,41)42)2-16(8-22)28(43,44)45,23-9-17(29(46,47)48)3-18(10-23)30(49,50)51)24-11-19(31(52,53)54)4-20(12-24)32(55,56)57;1-14(2)15-9-11-17(12-10-15)20-19-13-5-7-16-6-3-4-8-18(16)19/h1-12H;3-14H,1-2H3/q-1;+1. The summed E-state index contributed by atoms with van der Waals surface area (Å²) in [5, 5.41) is 1.16. The van der Waals surface area contributed by atoms with E-state index >= 15 is 0 Å². The molecule has 7 aromatic rings. The molecule has 27 heteroatoms. The van der Waals surface area contributed by atoms with E-state index in [1.165, 1.54) is 5.56 Å². The van der Waals surface area contributed by atoms with Crippen LogP contribution in [0.2, 0.25) is 0 Å². The van der Waals surface area contributed by atoms with E-state index in [0.29, 0.717) is 5.92 Å². The molecular weight excluding hydrogens is 1100 g/mol. The average molecular weight is 1130 g/mol. The third-order valence-corrected chi connectivity index (χ3v) is 11.9. The lowest BCUT2D eigenvalue weighted by atomic mass is 9.12. The van der Waals surface area contributed by atoms with Gasteiger partial charge in [0.1, 0.15) is 6.15 Å². The van der Waals surface area contributed by atoms with Crippen LogP contribution in [0.3, 0.4) is 0 Å². The fraction of sp³-hybridized carbons (Fsp3) is 0.220. The van der Waals surface area contributed by atoms with E-state index < -0.39 is 195 Å². The van der Waals surface area contributed by atoms with Crippen LogP contribution in [0.25, 0.3) is 10.9 Å². The highest BCUT2D eigenvalue weighted by Gasteiger charge is 2.47. The SMILES string of the molecule is CC(C)c1ccc(O[n+]2cccc3ccccc32)cc1.FC(F)(F)c1cc([B-](c2cc(C(F)(F)F)cc(C(F)(F)F)c2)(c2cc(C(F)(F)F)cc(C(F)(F)F)c2)c2cc(C(F)(F)F)cc(C(F)(F)F)c2)cc(C(F)(F)F)c1. The molecule has 2 nitrogen and oxygen atoms in total. The Balaban J connectivity index is 0.000000397. The first-order valence-corrected chi connectivity index (χ1v) is 21.5. The molecule has 0 N–H and O–H groups in total. The van der Waals surface area contributed by atoms with Gasteiger partial charge in [0.05, 0.1) is 49.9 Å². The molecule has 6 aromatic carbocycles. The third-order valence-electron chi connectivity index (χ3n) is 11.9. The van der Waals surface area contributed by atoms with Crippen molar-refractivity contribution in [3.63, 3.8) is 0 Å². The first-order chi connectivity index (χ1) is 35.0. The number of para-hydroxylation sites is 1. The van der Waals surface area contributed by atoms with Crippen molar-refractivity contribution in [1.82, 2.24) is 0 Å². The molecule has 0 saturated heterocycles. The zero-order valence-corrected chi connectivity index (χ0v) is 38.4. The van der Waals surface area contributed by atoms with Crippen molar-refractivity contribution in [2.45, 2.75) is 69.2 Å². The number of hydrogen-bond acceptors (Lipinski definition) is 1. The number of aromatic nitrogens is 1. The summed E-state index contributed by atoms with van der Waals surface area (Å²) in [4.78, 5) is 5.94. The minimum Gasteiger partial charge on any atom is -0.231 e. The molecule has 0 amide bonds. The molecule has 1 heterocycles. The molecule has 7 rings (SSSR count). The van der Waals surface area contributed by atoms with E-state index in [1.807, 2.05) is 36.5 Å². The van der Waals surface area contributed by atoms with Crippen LogP contribution in [0.1, 0.15) is 69.8 Å². The van der Waals surface area contributed by atoms with Crippen molar-refractivity contribution in [2.24, 2.45) is 0 Å². The maximum Gasteiger partial charge on any atom is 0.416 e. The number of halogens is 24. The summed E-state index contributed by atoms with van der Waals surface area (Å²) in [5.74, 6) is 1.38. The first kappa shape index (κ1) is 59.2. The molecule has 0 saturated carbocycles. The number of fused-ring (bicyclic) bond motifs is 1. The highest BCUT2D eigenvalue weighted by atomic mass is 19.4. The van der Waals surface area contributed by atoms with E-state index in [9.17, 15) is 105 Å². The Kier molecular flexibility index (Phi) is 15.7. The monoisotopic (exact) mass is 1130 g/mol. The van der Waals surface area contributed by atoms with E-state index in [1.54, 1.807) is 4.73 Å². The zero-order valence-electron chi connectivity index (χ0n) is 38.4. The topological polar surface area (TPSA) is 13.1 Å². The van der Waals surface area contributed by atoms with E-state index in [-0.39, 0.29) is 0 Å². The molecule has 0 aliphatic heterocycles. The molecule has 0 unspecified atom stereocenters. The summed E-state index contributed by atoms with van der Waals surface area (Å²) >= 11 is 0. The fourth-order valence-corrected chi connectivity index (χ4v) is 8.31. The molecule has 0 aliphatic rings. The Bertz CT molecular complexity index is 2810. The van der Waals surface area contributed by atoms with Gasteiger partial charge in [-0.3, -0.25) is 0 Å². The van der Waals surface area contributed by atoms with Crippen LogP contribution in [0, 0.1) is 0 Å². The van der Waals surface area contributed by atoms with Gasteiger partial charge in [-0.1, -0.05) is 86.6 Å². The van der Waals surface area contributed by atoms with Gasteiger partial charge < -0.3 is 0 Å². The number of nitrogens with zero attached hydrogens (tertiary/aromatic N) is 1. The van der Waals surface area contributed by atoms with E-state index in [0.717, 1.165) is 16.7 Å². The van der Waals surface area contributed by atoms with Crippen LogP contribution in [-0.4, -0.2) is 6.15 Å². The van der Waals surface area contributed by atoms with Crippen LogP contribution in [-0.2, 0) is 49.4 Å². The van der Waals surface area contributed by atoms with Crippen molar-refractivity contribution in [3.8, 4) is 5.75 Å². The van der Waals surface area contributed by atoms with Gasteiger partial charge in [0.25, 0.3) is 5.52 Å². The lowest BCUT2D eigenvalue weighted by molar-refractivity contribution is -0.854. The summed E-state index contributed by atoms with van der Waals surface area (Å²) in [6.07, 6.45) is -52.9. The lowest BCUT2D eigenvalue weighted by Crippen LogP contribution is -2.75. The summed E-state index contributed by atoms with van der Waals surface area (Å²) in [6.45, 7) is 4.38. The highest BCUT2D eigenvalue weighted by Crippen LogP contribution is 2.41. The Morgan fingerprint density at radius 3 is 0.857 bits per heavy atom. The van der Waals surface area contributed by atoms with Gasteiger partial charge in [0.2, 0.25) is 11.9 Å². The number of alkyl halides is 24. The summed E-state index contributed by atoms with van der Waals surface area (Å²) in [6, 6.07) is 11.7. The van der Waals surface area contributed by atoms with Gasteiger partial charge >= 0.3 is 49.4 Å². The number of benzene rings is 6. The zero-order chi connectivity index (χ0) is 57.9. The maximum absolute atomic E-state index is 14.2. The Hall–Kier alpha value is -7.09. The number of pyridine rings is 1. The van der Waals surface area contributed by atoms with Gasteiger partial charge in [0, 0.05) is 16.9 Å². The largest absolute Gasteiger partial charge is 0.416 e. The second-order valence-electron chi connectivity index (χ2n) is 17.4. The predicted octanol–water partition coefficient (Wildman–Crippen LogP) is 15.3. The van der Waals surface area contributed by atoms with Crippen LogP contribution in [0.15, 0.2) is 140 Å². The fourth-order valence-electron chi connectivity index (χ4n) is 8.31. The Morgan fingerprint density at radius 1 is 0.338 bits per heavy atom. The summed E-state index contributed by atoms with van der Waals surface area (Å²) < 4.78 is 343. The second kappa shape index (κ2) is 20.4. The molecule has 0 radical (unpaired) electrons. The van der Waals surface area contributed by atoms with Gasteiger partial charge in [-0.05, 0) is 60.0 Å². The molecule has 0 aliphatic carbocycles. The second-order valence-corrected chi connectivity index (χ2v) is 17.4. The normalized spacial score (nSPS) is 13.4. The minimum absolute atomic E-state index is 0.536. The molecule has 1 aromatic heterocycles. The smallest absolute Gasteiger partial charge is 0.231 e. The van der Waals surface area contributed by atoms with E-state index in [2.05, 4.69) is 44.2 Å². The lowest BCUT2D eigenvalue weighted by Gasteiger charge is -2.46. The quantitative estimate of drug-likeness (QED) is 0.0881. The maximum atomic E-state index is 14.2. The van der Waals surface area contributed by atoms with Crippen LogP contribution < -0.4 is 31.4 Å². The number of rotatable bonds is 7. The van der Waals surface area contributed by atoms with Crippen molar-refractivity contribution in [2.75, 3.05) is 0 Å². The highest BCUT2D eigenvalue weighted by molar-refractivity contribution is 7.20. The average Bonchev–Trinajstić information content (AvgIpc) is 3.30. The predicted molar refractivity (Wildman–Crippen MR) is 231 cm³/mol. The van der Waals surface area contributed by atoms with Gasteiger partial charge in [-0.2, -0.15) is 127 Å². The van der Waals surface area contributed by atoms with E-state index in [4.69, 9.17) is 4.84 Å². The summed E-state index contributed by atoms with van der Waals surface area (Å²) in [7, 11) is 0. The first-order valence-electron chi connectivity index (χ1n) is 21.5. The molecule has 0 bridgehead atoms. The Labute approximate surface area is 418 Å².